The number of non-ortho nitro benzene ring substituents is 1. The van der Waals surface area contributed by atoms with Crippen molar-refractivity contribution in [1.82, 2.24) is 0 Å². The number of nitro benzene ring substituents is 1. The average molecular weight is 284 g/mol. The van der Waals surface area contributed by atoms with Crippen LogP contribution in [0.2, 0.25) is 0 Å². The van der Waals surface area contributed by atoms with Crippen LogP contribution in [0.3, 0.4) is 0 Å². The minimum absolute atomic E-state index is 0.109. The fourth-order valence-electron chi connectivity index (χ4n) is 2.71. The van der Waals surface area contributed by atoms with Crippen molar-refractivity contribution >= 4 is 17.3 Å². The highest BCUT2D eigenvalue weighted by molar-refractivity contribution is 6.20. The highest BCUT2D eigenvalue weighted by Gasteiger charge is 2.25. The molecular formula is C14H18ClNO3. The maximum absolute atomic E-state index is 10.8. The Morgan fingerprint density at radius 1 is 1.42 bits per heavy atom. The zero-order chi connectivity index (χ0) is 13.8. The van der Waals surface area contributed by atoms with E-state index in [1.165, 1.54) is 18.9 Å². The molecule has 1 aromatic rings. The van der Waals surface area contributed by atoms with E-state index in [9.17, 15) is 10.1 Å². The van der Waals surface area contributed by atoms with Crippen LogP contribution in [0.4, 0.5) is 5.69 Å². The number of rotatable bonds is 4. The second-order valence-electron chi connectivity index (χ2n) is 5.02. The first kappa shape index (κ1) is 14.1. The predicted molar refractivity (Wildman–Crippen MR) is 75.0 cm³/mol. The Morgan fingerprint density at radius 2 is 2.16 bits per heavy atom. The second-order valence-corrected chi connectivity index (χ2v) is 5.58. The van der Waals surface area contributed by atoms with Crippen molar-refractivity contribution in [3.05, 3.63) is 33.9 Å². The molecule has 2 unspecified atom stereocenters. The predicted octanol–water partition coefficient (Wildman–Crippen LogP) is 3.94. The number of alkyl halides is 1. The van der Waals surface area contributed by atoms with Gasteiger partial charge in [0, 0.05) is 23.1 Å². The molecule has 2 atom stereocenters. The summed E-state index contributed by atoms with van der Waals surface area (Å²) in [7, 11) is 1.59. The Balaban J connectivity index is 2.21. The summed E-state index contributed by atoms with van der Waals surface area (Å²) in [5.41, 5.74) is 0.993. The van der Waals surface area contributed by atoms with Gasteiger partial charge in [-0.1, -0.05) is 12.8 Å². The number of hydrogen-bond acceptors (Lipinski definition) is 3. The van der Waals surface area contributed by atoms with Crippen LogP contribution in [0.25, 0.3) is 0 Å². The maximum atomic E-state index is 10.8. The quantitative estimate of drug-likeness (QED) is 0.478. The number of hydrogen-bond donors (Lipinski definition) is 0. The molecule has 1 aliphatic carbocycles. The molecule has 1 aromatic carbocycles. The van der Waals surface area contributed by atoms with E-state index >= 15 is 0 Å². The highest BCUT2D eigenvalue weighted by Crippen LogP contribution is 2.34. The van der Waals surface area contributed by atoms with Gasteiger partial charge in [-0.25, -0.2) is 0 Å². The molecule has 0 amide bonds. The van der Waals surface area contributed by atoms with E-state index in [-0.39, 0.29) is 16.0 Å². The fraction of sp³-hybridized carbons (Fsp3) is 0.571. The third-order valence-corrected chi connectivity index (χ3v) is 4.35. The summed E-state index contributed by atoms with van der Waals surface area (Å²) in [6, 6.07) is 4.75. The second kappa shape index (κ2) is 6.24. The average Bonchev–Trinajstić information content (AvgIpc) is 2.41. The minimum Gasteiger partial charge on any atom is -0.496 e. The summed E-state index contributed by atoms with van der Waals surface area (Å²) < 4.78 is 5.29. The van der Waals surface area contributed by atoms with Crippen molar-refractivity contribution in [2.45, 2.75) is 37.5 Å². The van der Waals surface area contributed by atoms with Crippen LogP contribution in [-0.2, 0) is 6.42 Å². The number of halogens is 1. The van der Waals surface area contributed by atoms with Crippen molar-refractivity contribution in [3.63, 3.8) is 0 Å². The van der Waals surface area contributed by atoms with Crippen LogP contribution in [0, 0.1) is 16.0 Å². The summed E-state index contributed by atoms with van der Waals surface area (Å²) in [4.78, 5) is 10.5. The number of nitrogens with zero attached hydrogens (tertiary/aromatic N) is 1. The lowest BCUT2D eigenvalue weighted by Gasteiger charge is -2.27. The Morgan fingerprint density at radius 3 is 2.79 bits per heavy atom. The van der Waals surface area contributed by atoms with Gasteiger partial charge in [-0.15, -0.1) is 11.6 Å². The van der Waals surface area contributed by atoms with Crippen molar-refractivity contribution in [2.24, 2.45) is 5.92 Å². The Hall–Kier alpha value is -1.29. The van der Waals surface area contributed by atoms with E-state index in [2.05, 4.69) is 0 Å². The molecule has 2 rings (SSSR count). The van der Waals surface area contributed by atoms with E-state index in [0.29, 0.717) is 11.7 Å². The van der Waals surface area contributed by atoms with Crippen molar-refractivity contribution < 1.29 is 9.66 Å². The van der Waals surface area contributed by atoms with Crippen molar-refractivity contribution in [3.8, 4) is 5.75 Å². The number of nitro groups is 1. The fourth-order valence-corrected chi connectivity index (χ4v) is 3.08. The van der Waals surface area contributed by atoms with Gasteiger partial charge in [0.2, 0.25) is 0 Å². The van der Waals surface area contributed by atoms with Gasteiger partial charge in [0.05, 0.1) is 12.0 Å². The topological polar surface area (TPSA) is 52.4 Å². The number of methoxy groups -OCH3 is 1. The van der Waals surface area contributed by atoms with Gasteiger partial charge < -0.3 is 4.74 Å². The molecule has 0 bridgehead atoms. The summed E-state index contributed by atoms with van der Waals surface area (Å²) in [6.07, 6.45) is 5.23. The summed E-state index contributed by atoms with van der Waals surface area (Å²) in [5.74, 6) is 1.09. The third-order valence-electron chi connectivity index (χ3n) is 3.77. The molecule has 0 aromatic heterocycles. The summed E-state index contributed by atoms with van der Waals surface area (Å²) in [6.45, 7) is 0. The molecule has 0 N–H and O–H groups in total. The van der Waals surface area contributed by atoms with E-state index < -0.39 is 0 Å². The molecular weight excluding hydrogens is 266 g/mol. The van der Waals surface area contributed by atoms with Crippen LogP contribution in [0.5, 0.6) is 5.75 Å². The SMILES string of the molecule is COc1ccc([N+](=O)[O-])cc1CC1CCCCC1Cl. The Labute approximate surface area is 117 Å². The van der Waals surface area contributed by atoms with Crippen molar-refractivity contribution in [1.29, 1.82) is 0 Å². The largest absolute Gasteiger partial charge is 0.496 e. The normalized spacial score (nSPS) is 23.1. The monoisotopic (exact) mass is 283 g/mol. The van der Waals surface area contributed by atoms with Crippen LogP contribution < -0.4 is 4.74 Å². The molecule has 0 radical (unpaired) electrons. The third kappa shape index (κ3) is 3.38. The highest BCUT2D eigenvalue weighted by atomic mass is 35.5. The Bertz CT molecular complexity index is 464. The van der Waals surface area contributed by atoms with E-state index in [1.807, 2.05) is 0 Å². The zero-order valence-corrected chi connectivity index (χ0v) is 11.7. The molecule has 0 spiro atoms. The van der Waals surface area contributed by atoms with E-state index in [4.69, 9.17) is 16.3 Å². The first-order valence-electron chi connectivity index (χ1n) is 6.57. The lowest BCUT2D eigenvalue weighted by atomic mass is 9.84. The molecule has 19 heavy (non-hydrogen) atoms. The van der Waals surface area contributed by atoms with Gasteiger partial charge in [0.25, 0.3) is 5.69 Å². The van der Waals surface area contributed by atoms with Crippen LogP contribution in [0.1, 0.15) is 31.2 Å². The molecule has 4 nitrogen and oxygen atoms in total. The van der Waals surface area contributed by atoms with Gasteiger partial charge in [-0.3, -0.25) is 10.1 Å². The van der Waals surface area contributed by atoms with E-state index in [0.717, 1.165) is 24.8 Å². The molecule has 0 heterocycles. The summed E-state index contributed by atoms with van der Waals surface area (Å²) >= 11 is 6.36. The van der Waals surface area contributed by atoms with Crippen LogP contribution >= 0.6 is 11.6 Å². The maximum Gasteiger partial charge on any atom is 0.269 e. The first-order valence-corrected chi connectivity index (χ1v) is 7.01. The molecule has 5 heteroatoms. The molecule has 104 valence electrons. The smallest absolute Gasteiger partial charge is 0.269 e. The van der Waals surface area contributed by atoms with Crippen LogP contribution in [0.15, 0.2) is 18.2 Å². The molecule has 0 aliphatic heterocycles. The summed E-state index contributed by atoms with van der Waals surface area (Å²) in [5, 5.41) is 11.0. The van der Waals surface area contributed by atoms with Gasteiger partial charge in [0.15, 0.2) is 0 Å². The standard InChI is InChI=1S/C14H18ClNO3/c1-19-14-7-6-12(16(17)18)9-11(14)8-10-4-2-3-5-13(10)15/h6-7,9-10,13H,2-5,8H2,1H3. The van der Waals surface area contributed by atoms with Gasteiger partial charge >= 0.3 is 0 Å². The van der Waals surface area contributed by atoms with Crippen LogP contribution in [-0.4, -0.2) is 17.4 Å². The van der Waals surface area contributed by atoms with Gasteiger partial charge in [-0.2, -0.15) is 0 Å². The molecule has 1 fully saturated rings. The lowest BCUT2D eigenvalue weighted by molar-refractivity contribution is -0.384. The lowest BCUT2D eigenvalue weighted by Crippen LogP contribution is -2.22. The zero-order valence-electron chi connectivity index (χ0n) is 11.0. The number of benzene rings is 1. The minimum atomic E-state index is -0.373. The molecule has 1 saturated carbocycles. The van der Waals surface area contributed by atoms with Crippen molar-refractivity contribution in [2.75, 3.05) is 7.11 Å². The molecule has 0 saturated heterocycles. The molecule has 1 aliphatic rings. The first-order chi connectivity index (χ1) is 9.11. The number of ether oxygens (including phenoxy) is 1. The van der Waals surface area contributed by atoms with Gasteiger partial charge in [-0.05, 0) is 31.2 Å². The Kier molecular flexibility index (Phi) is 4.64. The van der Waals surface area contributed by atoms with E-state index in [1.54, 1.807) is 19.2 Å². The van der Waals surface area contributed by atoms with Gasteiger partial charge in [0.1, 0.15) is 5.75 Å².